The van der Waals surface area contributed by atoms with E-state index in [1.807, 2.05) is 48.5 Å². The lowest BCUT2D eigenvalue weighted by Crippen LogP contribution is -1.93. The van der Waals surface area contributed by atoms with Gasteiger partial charge in [0.2, 0.25) is 0 Å². The van der Waals surface area contributed by atoms with Crippen LogP contribution in [0.2, 0.25) is 0 Å². The fourth-order valence-corrected chi connectivity index (χ4v) is 4.87. The van der Waals surface area contributed by atoms with E-state index in [-0.39, 0.29) is 0 Å². The number of hydrogen-bond acceptors (Lipinski definition) is 3. The number of benzene rings is 4. The van der Waals surface area contributed by atoms with Crippen molar-refractivity contribution in [1.29, 1.82) is 0 Å². The van der Waals surface area contributed by atoms with Crippen LogP contribution in [0.5, 0.6) is 0 Å². The molecule has 0 unspecified atom stereocenters. The molecule has 170 valence electrons. The first-order valence-corrected chi connectivity index (χ1v) is 11.9. The first-order chi connectivity index (χ1) is 17.1. The second kappa shape index (κ2) is 8.33. The molecule has 6 rings (SSSR count). The van der Waals surface area contributed by atoms with Gasteiger partial charge in [-0.3, -0.25) is 0 Å². The fourth-order valence-electron chi connectivity index (χ4n) is 4.87. The maximum absolute atomic E-state index is 5.94. The number of nitrogens with zero attached hydrogens (tertiary/aromatic N) is 2. The second-order valence-electron chi connectivity index (χ2n) is 8.86. The molecule has 0 saturated carbocycles. The third-order valence-electron chi connectivity index (χ3n) is 6.66. The van der Waals surface area contributed by atoms with Crippen molar-refractivity contribution in [3.05, 3.63) is 103 Å². The van der Waals surface area contributed by atoms with Gasteiger partial charge in [0.25, 0.3) is 0 Å². The highest BCUT2D eigenvalue weighted by atomic mass is 15.0. The Bertz CT molecular complexity index is 1610. The SMILES string of the molecule is CCn1c2ccccc2c2cc(-c3cc(-c4ccc(N)cc4)nc(-c4ccc(N)cc4)c3)ccc21. The lowest BCUT2D eigenvalue weighted by atomic mass is 9.98. The van der Waals surface area contributed by atoms with Gasteiger partial charge in [-0.25, -0.2) is 4.98 Å². The van der Waals surface area contributed by atoms with E-state index in [2.05, 4.69) is 66.1 Å². The Labute approximate surface area is 204 Å². The predicted octanol–water partition coefficient (Wildman–Crippen LogP) is 7.37. The smallest absolute Gasteiger partial charge is 0.0715 e. The van der Waals surface area contributed by atoms with E-state index in [9.17, 15) is 0 Å². The van der Waals surface area contributed by atoms with E-state index >= 15 is 0 Å². The zero-order valence-electron chi connectivity index (χ0n) is 19.6. The molecule has 0 aliphatic heterocycles. The largest absolute Gasteiger partial charge is 0.399 e. The highest BCUT2D eigenvalue weighted by Crippen LogP contribution is 2.35. The lowest BCUT2D eigenvalue weighted by molar-refractivity contribution is 0.827. The summed E-state index contributed by atoms with van der Waals surface area (Å²) in [6, 6.07) is 35.4. The minimum atomic E-state index is 0.737. The van der Waals surface area contributed by atoms with Gasteiger partial charge in [0.05, 0.1) is 11.4 Å². The Morgan fingerprint density at radius 2 is 1.11 bits per heavy atom. The van der Waals surface area contributed by atoms with Crippen LogP contribution in [0.25, 0.3) is 55.4 Å². The molecular formula is C31H26N4. The number of aryl methyl sites for hydroxylation is 1. The third-order valence-corrected chi connectivity index (χ3v) is 6.66. The van der Waals surface area contributed by atoms with Gasteiger partial charge in [0, 0.05) is 50.9 Å². The number of para-hydroxylation sites is 1. The molecular weight excluding hydrogens is 428 g/mol. The molecule has 0 aliphatic carbocycles. The van der Waals surface area contributed by atoms with Crippen molar-refractivity contribution < 1.29 is 0 Å². The van der Waals surface area contributed by atoms with Gasteiger partial charge in [-0.15, -0.1) is 0 Å². The average Bonchev–Trinajstić information content (AvgIpc) is 3.22. The molecule has 0 amide bonds. The van der Waals surface area contributed by atoms with Crippen molar-refractivity contribution in [1.82, 2.24) is 9.55 Å². The van der Waals surface area contributed by atoms with Gasteiger partial charge in [-0.2, -0.15) is 0 Å². The van der Waals surface area contributed by atoms with Crippen molar-refractivity contribution in [3.8, 4) is 33.6 Å². The van der Waals surface area contributed by atoms with Gasteiger partial charge in [0.15, 0.2) is 0 Å². The molecule has 2 heterocycles. The number of nitrogens with two attached hydrogens (primary N) is 2. The summed E-state index contributed by atoms with van der Waals surface area (Å²) in [5, 5.41) is 2.54. The molecule has 0 saturated heterocycles. The van der Waals surface area contributed by atoms with Crippen LogP contribution in [0.4, 0.5) is 11.4 Å². The average molecular weight is 455 g/mol. The zero-order chi connectivity index (χ0) is 23.9. The van der Waals surface area contributed by atoms with E-state index in [1.165, 1.54) is 21.8 Å². The molecule has 0 radical (unpaired) electrons. The third kappa shape index (κ3) is 3.69. The molecule has 4 nitrogen and oxygen atoms in total. The van der Waals surface area contributed by atoms with E-state index in [0.29, 0.717) is 0 Å². The summed E-state index contributed by atoms with van der Waals surface area (Å²) in [5.41, 5.74) is 22.0. The molecule has 2 aromatic heterocycles. The van der Waals surface area contributed by atoms with E-state index in [0.717, 1.165) is 51.6 Å². The molecule has 0 bridgehead atoms. The summed E-state index contributed by atoms with van der Waals surface area (Å²) in [4.78, 5) is 5.00. The molecule has 0 aliphatic rings. The summed E-state index contributed by atoms with van der Waals surface area (Å²) in [6.45, 7) is 3.13. The molecule has 4 N–H and O–H groups in total. The van der Waals surface area contributed by atoms with Crippen molar-refractivity contribution >= 4 is 33.2 Å². The molecule has 35 heavy (non-hydrogen) atoms. The van der Waals surface area contributed by atoms with Gasteiger partial charge >= 0.3 is 0 Å². The number of anilines is 2. The Hall–Kier alpha value is -4.57. The van der Waals surface area contributed by atoms with Gasteiger partial charge in [-0.05, 0) is 72.6 Å². The summed E-state index contributed by atoms with van der Waals surface area (Å²) < 4.78 is 2.38. The molecule has 4 aromatic carbocycles. The molecule has 0 atom stereocenters. The van der Waals surface area contributed by atoms with Crippen LogP contribution in [0, 0.1) is 0 Å². The van der Waals surface area contributed by atoms with E-state index < -0.39 is 0 Å². The van der Waals surface area contributed by atoms with Crippen molar-refractivity contribution in [3.63, 3.8) is 0 Å². The maximum atomic E-state index is 5.94. The lowest BCUT2D eigenvalue weighted by Gasteiger charge is -2.11. The summed E-state index contributed by atoms with van der Waals surface area (Å²) in [6.07, 6.45) is 0. The molecule has 0 spiro atoms. The normalized spacial score (nSPS) is 11.3. The summed E-state index contributed by atoms with van der Waals surface area (Å²) >= 11 is 0. The Morgan fingerprint density at radius 3 is 1.71 bits per heavy atom. The predicted molar refractivity (Wildman–Crippen MR) is 148 cm³/mol. The highest BCUT2D eigenvalue weighted by Gasteiger charge is 2.13. The quantitative estimate of drug-likeness (QED) is 0.273. The number of aromatic nitrogens is 2. The fraction of sp³-hybridized carbons (Fsp3) is 0.0645. The van der Waals surface area contributed by atoms with Crippen LogP contribution in [0.3, 0.4) is 0 Å². The van der Waals surface area contributed by atoms with Gasteiger partial charge in [0.1, 0.15) is 0 Å². The Balaban J connectivity index is 1.57. The number of hydrogen-bond donors (Lipinski definition) is 2. The van der Waals surface area contributed by atoms with Crippen LogP contribution in [0.15, 0.2) is 103 Å². The van der Waals surface area contributed by atoms with Gasteiger partial charge < -0.3 is 16.0 Å². The van der Waals surface area contributed by atoms with E-state index in [1.54, 1.807) is 0 Å². The van der Waals surface area contributed by atoms with Crippen LogP contribution in [-0.2, 0) is 6.54 Å². The monoisotopic (exact) mass is 454 g/mol. The first kappa shape index (κ1) is 21.0. The summed E-state index contributed by atoms with van der Waals surface area (Å²) in [7, 11) is 0. The Kier molecular flexibility index (Phi) is 5.00. The van der Waals surface area contributed by atoms with Crippen molar-refractivity contribution in [2.24, 2.45) is 0 Å². The minimum absolute atomic E-state index is 0.737. The Morgan fingerprint density at radius 1 is 0.571 bits per heavy atom. The van der Waals surface area contributed by atoms with Crippen LogP contribution >= 0.6 is 0 Å². The summed E-state index contributed by atoms with van der Waals surface area (Å²) in [5.74, 6) is 0. The van der Waals surface area contributed by atoms with Crippen LogP contribution in [-0.4, -0.2) is 9.55 Å². The second-order valence-corrected chi connectivity index (χ2v) is 8.86. The molecule has 6 aromatic rings. The van der Waals surface area contributed by atoms with Crippen LogP contribution in [0.1, 0.15) is 6.92 Å². The maximum Gasteiger partial charge on any atom is 0.0715 e. The number of nitrogen functional groups attached to an aromatic ring is 2. The van der Waals surface area contributed by atoms with Gasteiger partial charge in [-0.1, -0.05) is 48.5 Å². The number of fused-ring (bicyclic) bond motifs is 3. The standard InChI is InChI=1S/C31H26N4/c1-2-35-30-6-4-3-5-26(30)27-17-22(11-16-31(27)35)23-18-28(20-7-12-24(32)13-8-20)34-29(19-23)21-9-14-25(33)15-10-21/h3-19H,2,32-33H2,1H3. The molecule has 4 heteroatoms. The van der Waals surface area contributed by atoms with Crippen molar-refractivity contribution in [2.75, 3.05) is 11.5 Å². The van der Waals surface area contributed by atoms with E-state index in [4.69, 9.17) is 16.5 Å². The number of rotatable bonds is 4. The first-order valence-electron chi connectivity index (χ1n) is 11.9. The zero-order valence-corrected chi connectivity index (χ0v) is 19.6. The van der Waals surface area contributed by atoms with Crippen LogP contribution < -0.4 is 11.5 Å². The van der Waals surface area contributed by atoms with Crippen molar-refractivity contribution in [2.45, 2.75) is 13.5 Å². The highest BCUT2D eigenvalue weighted by molar-refractivity contribution is 6.09. The molecule has 0 fully saturated rings. The minimum Gasteiger partial charge on any atom is -0.399 e. The number of pyridine rings is 1. The topological polar surface area (TPSA) is 69.9 Å².